The Labute approximate surface area is 202 Å². The number of anilines is 1. The van der Waals surface area contributed by atoms with Crippen LogP contribution in [-0.2, 0) is 14.4 Å². The quantitative estimate of drug-likeness (QED) is 0.0853. The Morgan fingerprint density at radius 2 is 1.91 bits per heavy atom. The van der Waals surface area contributed by atoms with E-state index in [1.54, 1.807) is 49.5 Å². The van der Waals surface area contributed by atoms with Gasteiger partial charge in [-0.05, 0) is 67.1 Å². The highest BCUT2D eigenvalue weighted by Gasteiger charge is 2.17. The van der Waals surface area contributed by atoms with Gasteiger partial charge in [0.05, 0.1) is 4.91 Å². The number of aromatic hydroxyl groups is 1. The monoisotopic (exact) mass is 484 g/mol. The molecule has 2 rings (SSSR count). The number of hydrazone groups is 1. The van der Waals surface area contributed by atoms with Crippen LogP contribution in [0.15, 0.2) is 52.5 Å². The number of phenolic OH excluding ortho intramolecular Hbond substituents is 1. The molecule has 0 saturated carbocycles. The summed E-state index contributed by atoms with van der Waals surface area (Å²) in [5, 5.41) is 16.4. The fourth-order valence-corrected chi connectivity index (χ4v) is 3.57. The predicted molar refractivity (Wildman–Crippen MR) is 135 cm³/mol. The molecule has 2 aromatic rings. The fourth-order valence-electron chi connectivity index (χ4n) is 3.01. The first kappa shape index (κ1) is 26.4. The molecular weight excluding hydrogens is 456 g/mol. The van der Waals surface area contributed by atoms with Crippen molar-refractivity contribution >= 4 is 46.8 Å². The smallest absolute Gasteiger partial charge is 0.260 e. The third-order valence-electron chi connectivity index (χ3n) is 4.81. The molecule has 34 heavy (non-hydrogen) atoms. The summed E-state index contributed by atoms with van der Waals surface area (Å²) in [6, 6.07) is 11.9. The molecule has 0 aliphatic rings. The number of hydrogen-bond acceptors (Lipinski definition) is 8. The molecule has 0 unspecified atom stereocenters. The summed E-state index contributed by atoms with van der Waals surface area (Å²) in [7, 11) is 1.59. The van der Waals surface area contributed by atoms with Crippen molar-refractivity contribution < 1.29 is 19.5 Å². The molecule has 0 aromatic heterocycles. The number of nitrogens with one attached hydrogen (secondary N) is 2. The number of aryl methyl sites for hydroxylation is 1. The van der Waals surface area contributed by atoms with Crippen molar-refractivity contribution in [3.05, 3.63) is 64.1 Å². The van der Waals surface area contributed by atoms with Gasteiger partial charge in [0.25, 0.3) is 5.91 Å². The van der Waals surface area contributed by atoms with Crippen molar-refractivity contribution in [3.63, 3.8) is 0 Å². The number of nitrogens with zero attached hydrogens (tertiary/aromatic N) is 2. The molecule has 7 N–H and O–H groups in total. The topological polar surface area (TPSA) is 163 Å². The van der Waals surface area contributed by atoms with Gasteiger partial charge in [-0.2, -0.15) is 5.10 Å². The molecule has 0 aliphatic heterocycles. The number of amidine groups is 1. The molecule has 11 heteroatoms. The molecule has 0 bridgehead atoms. The van der Waals surface area contributed by atoms with E-state index in [1.165, 1.54) is 11.0 Å². The van der Waals surface area contributed by atoms with Crippen LogP contribution in [0.5, 0.6) is 5.75 Å². The number of likely N-dealkylation sites (N-methyl/N-ethyl adjacent to an activating group) is 1. The van der Waals surface area contributed by atoms with Crippen LogP contribution in [-0.4, -0.2) is 46.9 Å². The summed E-state index contributed by atoms with van der Waals surface area (Å²) >= 11 is 0.739. The Kier molecular flexibility index (Phi) is 10.1. The molecule has 2 aromatic carbocycles. The van der Waals surface area contributed by atoms with Gasteiger partial charge in [-0.15, -0.1) is 0 Å². The van der Waals surface area contributed by atoms with E-state index in [0.717, 1.165) is 17.3 Å². The highest BCUT2D eigenvalue weighted by atomic mass is 32.2. The standard InChI is InChI=1S/C23H28N6O4S/c1-15-5-6-17(19(31)12-15)13-20(34-14-30)23(33)29(2)11-3-4-21(32)26-18-9-7-16(8-10-18)22(27-24)28-25/h5-10,12-14,31H,3-4,11,24-25H2,1-2H3,(H,26,32)(H,27,28)/b20-13-. The first-order valence-electron chi connectivity index (χ1n) is 10.3. The van der Waals surface area contributed by atoms with Crippen LogP contribution in [0, 0.1) is 6.92 Å². The lowest BCUT2D eigenvalue weighted by molar-refractivity contribution is -0.125. The van der Waals surface area contributed by atoms with E-state index >= 15 is 0 Å². The minimum atomic E-state index is -0.376. The Balaban J connectivity index is 1.91. The molecule has 0 aliphatic carbocycles. The van der Waals surface area contributed by atoms with Gasteiger partial charge >= 0.3 is 0 Å². The summed E-state index contributed by atoms with van der Waals surface area (Å²) in [5.41, 5.74) is 5.51. The highest BCUT2D eigenvalue weighted by Crippen LogP contribution is 2.25. The summed E-state index contributed by atoms with van der Waals surface area (Å²) in [5.74, 6) is 10.3. The summed E-state index contributed by atoms with van der Waals surface area (Å²) in [6.45, 7) is 2.14. The average molecular weight is 485 g/mol. The van der Waals surface area contributed by atoms with Crippen molar-refractivity contribution in [1.82, 2.24) is 10.3 Å². The highest BCUT2D eigenvalue weighted by molar-refractivity contribution is 8.16. The third-order valence-corrected chi connectivity index (χ3v) is 5.45. The lowest BCUT2D eigenvalue weighted by atomic mass is 10.1. The number of rotatable bonds is 10. The maximum atomic E-state index is 12.8. The molecule has 180 valence electrons. The molecule has 0 heterocycles. The predicted octanol–water partition coefficient (Wildman–Crippen LogP) is 1.93. The number of carbonyl (C=O) groups excluding carboxylic acids is 3. The van der Waals surface area contributed by atoms with Gasteiger partial charge in [0.15, 0.2) is 11.5 Å². The SMILES string of the molecule is Cc1ccc(/C=C(\SC=O)C(=O)N(C)CCCC(=O)Nc2ccc(/C(=N/N)NN)cc2)c(O)c1. The number of benzene rings is 2. The number of thioether (sulfide) groups is 1. The van der Waals surface area contributed by atoms with Gasteiger partial charge in [-0.1, -0.05) is 12.1 Å². The average Bonchev–Trinajstić information content (AvgIpc) is 2.81. The van der Waals surface area contributed by atoms with E-state index < -0.39 is 0 Å². The Morgan fingerprint density at radius 3 is 2.50 bits per heavy atom. The first-order valence-corrected chi connectivity index (χ1v) is 11.2. The van der Waals surface area contributed by atoms with Crippen LogP contribution in [0.3, 0.4) is 0 Å². The van der Waals surface area contributed by atoms with Gasteiger partial charge in [0.2, 0.25) is 5.91 Å². The second-order valence-corrected chi connectivity index (χ2v) is 8.23. The van der Waals surface area contributed by atoms with Crippen LogP contribution in [0.4, 0.5) is 5.69 Å². The molecule has 10 nitrogen and oxygen atoms in total. The minimum absolute atomic E-state index is 0.0231. The Bertz CT molecular complexity index is 1090. The largest absolute Gasteiger partial charge is 0.507 e. The van der Waals surface area contributed by atoms with Crippen molar-refractivity contribution in [2.24, 2.45) is 16.8 Å². The number of hydrogen-bond donors (Lipinski definition) is 5. The fraction of sp³-hybridized carbons (Fsp3) is 0.217. The van der Waals surface area contributed by atoms with Crippen LogP contribution in [0.1, 0.15) is 29.5 Å². The number of hydrazine groups is 1. The zero-order valence-corrected chi connectivity index (χ0v) is 19.8. The van der Waals surface area contributed by atoms with E-state index in [0.29, 0.717) is 41.2 Å². The van der Waals surface area contributed by atoms with Crippen molar-refractivity contribution in [2.75, 3.05) is 18.9 Å². The van der Waals surface area contributed by atoms with Gasteiger partial charge in [-0.25, -0.2) is 5.84 Å². The van der Waals surface area contributed by atoms with Crippen LogP contribution in [0.25, 0.3) is 6.08 Å². The number of amides is 2. The molecule has 0 saturated heterocycles. The second kappa shape index (κ2) is 13.0. The summed E-state index contributed by atoms with van der Waals surface area (Å²) in [4.78, 5) is 37.7. The zero-order chi connectivity index (χ0) is 25.1. The lowest BCUT2D eigenvalue weighted by Gasteiger charge is -2.18. The summed E-state index contributed by atoms with van der Waals surface area (Å²) < 4.78 is 0. The Hall–Kier alpha value is -3.83. The Morgan fingerprint density at radius 1 is 1.21 bits per heavy atom. The van der Waals surface area contributed by atoms with Gasteiger partial charge in [-0.3, -0.25) is 14.4 Å². The van der Waals surface area contributed by atoms with Crippen LogP contribution >= 0.6 is 11.8 Å². The normalized spacial score (nSPS) is 11.6. The molecule has 0 atom stereocenters. The minimum Gasteiger partial charge on any atom is -0.507 e. The molecule has 2 amide bonds. The number of carbonyl (C=O) groups is 3. The molecule has 0 radical (unpaired) electrons. The number of nitrogens with two attached hydrogens (primary N) is 2. The van der Waals surface area contributed by atoms with Crippen molar-refractivity contribution in [3.8, 4) is 5.75 Å². The van der Waals surface area contributed by atoms with Crippen LogP contribution in [0.2, 0.25) is 0 Å². The summed E-state index contributed by atoms with van der Waals surface area (Å²) in [6.07, 6.45) is 2.09. The lowest BCUT2D eigenvalue weighted by Crippen LogP contribution is -2.32. The van der Waals surface area contributed by atoms with Crippen molar-refractivity contribution in [1.29, 1.82) is 0 Å². The van der Waals surface area contributed by atoms with E-state index in [9.17, 15) is 19.5 Å². The third kappa shape index (κ3) is 7.64. The maximum absolute atomic E-state index is 12.8. The first-order chi connectivity index (χ1) is 16.3. The van der Waals surface area contributed by atoms with Gasteiger partial charge in [0.1, 0.15) is 5.75 Å². The van der Waals surface area contributed by atoms with E-state index in [-0.39, 0.29) is 28.9 Å². The van der Waals surface area contributed by atoms with E-state index in [2.05, 4.69) is 15.8 Å². The maximum Gasteiger partial charge on any atom is 0.260 e. The zero-order valence-electron chi connectivity index (χ0n) is 18.9. The van der Waals surface area contributed by atoms with E-state index in [1.807, 2.05) is 6.92 Å². The molecule has 0 spiro atoms. The van der Waals surface area contributed by atoms with Gasteiger partial charge in [0, 0.05) is 36.8 Å². The second-order valence-electron chi connectivity index (χ2n) is 7.36. The molecular formula is C23H28N6O4S. The van der Waals surface area contributed by atoms with Gasteiger partial charge < -0.3 is 26.6 Å². The molecule has 0 fully saturated rings. The van der Waals surface area contributed by atoms with Crippen molar-refractivity contribution in [2.45, 2.75) is 19.8 Å². The number of phenols is 1. The van der Waals surface area contributed by atoms with E-state index in [4.69, 9.17) is 11.7 Å². The van der Waals surface area contributed by atoms with Crippen LogP contribution < -0.4 is 22.4 Å².